The van der Waals surface area contributed by atoms with Crippen LogP contribution in [0.25, 0.3) is 0 Å². The molecule has 1 saturated heterocycles. The van der Waals surface area contributed by atoms with Gasteiger partial charge in [-0.25, -0.2) is 0 Å². The molecular formula is C17H26N2OS. The Morgan fingerprint density at radius 1 is 1.29 bits per heavy atom. The van der Waals surface area contributed by atoms with Gasteiger partial charge in [0.05, 0.1) is 5.25 Å². The molecule has 1 aliphatic heterocycles. The molecule has 0 unspecified atom stereocenters. The number of benzene rings is 1. The van der Waals surface area contributed by atoms with E-state index in [1.807, 2.05) is 6.92 Å². The van der Waals surface area contributed by atoms with Crippen LogP contribution in [0.3, 0.4) is 0 Å². The molecule has 0 saturated carbocycles. The van der Waals surface area contributed by atoms with Crippen molar-refractivity contribution in [3.8, 4) is 0 Å². The van der Waals surface area contributed by atoms with E-state index in [-0.39, 0.29) is 11.2 Å². The van der Waals surface area contributed by atoms with E-state index >= 15 is 0 Å². The van der Waals surface area contributed by atoms with E-state index in [1.165, 1.54) is 31.5 Å². The second kappa shape index (κ2) is 8.44. The topological polar surface area (TPSA) is 32.3 Å². The molecule has 1 amide bonds. The lowest BCUT2D eigenvalue weighted by molar-refractivity contribution is -0.120. The number of nitrogens with zero attached hydrogens (tertiary/aromatic N) is 1. The third-order valence-corrected chi connectivity index (χ3v) is 4.96. The molecular weight excluding hydrogens is 280 g/mol. The van der Waals surface area contributed by atoms with Gasteiger partial charge in [-0.3, -0.25) is 4.79 Å². The number of likely N-dealkylation sites (tertiary alicyclic amines) is 1. The Morgan fingerprint density at radius 3 is 2.62 bits per heavy atom. The van der Waals surface area contributed by atoms with Crippen LogP contribution in [0.2, 0.25) is 0 Å². The Balaban J connectivity index is 1.63. The van der Waals surface area contributed by atoms with Crippen LogP contribution in [0.15, 0.2) is 29.2 Å². The quantitative estimate of drug-likeness (QED) is 0.621. The fourth-order valence-electron chi connectivity index (χ4n) is 2.54. The summed E-state index contributed by atoms with van der Waals surface area (Å²) in [7, 11) is 0. The minimum atomic E-state index is -0.0421. The second-order valence-electron chi connectivity index (χ2n) is 5.77. The molecule has 0 aliphatic carbocycles. The summed E-state index contributed by atoms with van der Waals surface area (Å²) in [6, 6.07) is 8.33. The molecule has 21 heavy (non-hydrogen) atoms. The van der Waals surface area contributed by atoms with Gasteiger partial charge in [-0.15, -0.1) is 11.8 Å². The van der Waals surface area contributed by atoms with Crippen LogP contribution < -0.4 is 5.32 Å². The van der Waals surface area contributed by atoms with E-state index in [2.05, 4.69) is 41.4 Å². The lowest BCUT2D eigenvalue weighted by Gasteiger charge is -2.15. The lowest BCUT2D eigenvalue weighted by Crippen LogP contribution is -2.33. The largest absolute Gasteiger partial charge is 0.355 e. The molecule has 0 bridgehead atoms. The highest BCUT2D eigenvalue weighted by Crippen LogP contribution is 2.23. The molecule has 3 nitrogen and oxygen atoms in total. The van der Waals surface area contributed by atoms with E-state index in [0.717, 1.165) is 24.4 Å². The molecule has 1 fully saturated rings. The number of carbonyl (C=O) groups is 1. The molecule has 0 radical (unpaired) electrons. The summed E-state index contributed by atoms with van der Waals surface area (Å²) >= 11 is 1.62. The van der Waals surface area contributed by atoms with Gasteiger partial charge in [0.2, 0.25) is 5.91 Å². The highest BCUT2D eigenvalue weighted by atomic mass is 32.2. The molecule has 1 aromatic carbocycles. The monoisotopic (exact) mass is 306 g/mol. The highest BCUT2D eigenvalue weighted by molar-refractivity contribution is 8.00. The average molecular weight is 306 g/mol. The third kappa shape index (κ3) is 5.71. The van der Waals surface area contributed by atoms with Crippen molar-refractivity contribution in [2.75, 3.05) is 26.2 Å². The summed E-state index contributed by atoms with van der Waals surface area (Å²) in [5.74, 6) is 0.141. The zero-order valence-corrected chi connectivity index (χ0v) is 13.9. The van der Waals surface area contributed by atoms with Crippen LogP contribution in [0, 0.1) is 6.92 Å². The minimum absolute atomic E-state index is 0.0421. The van der Waals surface area contributed by atoms with E-state index in [0.29, 0.717) is 0 Å². The smallest absolute Gasteiger partial charge is 0.233 e. The molecule has 1 atom stereocenters. The Morgan fingerprint density at radius 2 is 1.95 bits per heavy atom. The first kappa shape index (κ1) is 16.4. The summed E-state index contributed by atoms with van der Waals surface area (Å²) in [5.41, 5.74) is 1.25. The molecule has 0 aromatic heterocycles. The lowest BCUT2D eigenvalue weighted by atomic mass is 10.2. The molecule has 2 rings (SSSR count). The predicted octanol–water partition coefficient (Wildman–Crippen LogP) is 3.08. The maximum absolute atomic E-state index is 12.1. The van der Waals surface area contributed by atoms with Gasteiger partial charge in [0, 0.05) is 11.4 Å². The van der Waals surface area contributed by atoms with Crippen molar-refractivity contribution in [3.63, 3.8) is 0 Å². The first-order valence-corrected chi connectivity index (χ1v) is 8.76. The summed E-state index contributed by atoms with van der Waals surface area (Å²) in [6.07, 6.45) is 3.71. The van der Waals surface area contributed by atoms with Gasteiger partial charge in [0.25, 0.3) is 0 Å². The number of aryl methyl sites for hydroxylation is 1. The highest BCUT2D eigenvalue weighted by Gasteiger charge is 2.14. The van der Waals surface area contributed by atoms with Crippen molar-refractivity contribution in [3.05, 3.63) is 29.8 Å². The summed E-state index contributed by atoms with van der Waals surface area (Å²) < 4.78 is 0. The average Bonchev–Trinajstić information content (AvgIpc) is 2.99. The van der Waals surface area contributed by atoms with Crippen LogP contribution in [-0.4, -0.2) is 42.2 Å². The van der Waals surface area contributed by atoms with Crippen molar-refractivity contribution in [1.29, 1.82) is 0 Å². The Labute approximate surface area is 132 Å². The molecule has 116 valence electrons. The fourth-order valence-corrected chi connectivity index (χ4v) is 3.43. The van der Waals surface area contributed by atoms with Crippen LogP contribution in [-0.2, 0) is 4.79 Å². The zero-order valence-electron chi connectivity index (χ0n) is 13.1. The maximum Gasteiger partial charge on any atom is 0.233 e. The maximum atomic E-state index is 12.1. The van der Waals surface area contributed by atoms with E-state index in [9.17, 15) is 4.79 Å². The van der Waals surface area contributed by atoms with E-state index in [1.54, 1.807) is 11.8 Å². The standard InChI is InChI=1S/C17H26N2OS/c1-14-6-8-16(9-7-14)21-15(2)17(20)18-10-5-13-19-11-3-4-12-19/h6-9,15H,3-5,10-13H2,1-2H3,(H,18,20)/t15-/m0/s1. The van der Waals surface area contributed by atoms with Crippen LogP contribution in [0.5, 0.6) is 0 Å². The zero-order chi connectivity index (χ0) is 15.1. The summed E-state index contributed by atoms with van der Waals surface area (Å²) in [5, 5.41) is 3.01. The SMILES string of the molecule is Cc1ccc(S[C@@H](C)C(=O)NCCCN2CCCC2)cc1. The Kier molecular flexibility index (Phi) is 6.58. The van der Waals surface area contributed by atoms with Crippen molar-refractivity contribution in [2.45, 2.75) is 43.3 Å². The molecule has 1 N–H and O–H groups in total. The van der Waals surface area contributed by atoms with Crippen LogP contribution >= 0.6 is 11.8 Å². The normalized spacial score (nSPS) is 16.9. The van der Waals surface area contributed by atoms with Gasteiger partial charge < -0.3 is 10.2 Å². The Bertz CT molecular complexity index is 441. The number of thioether (sulfide) groups is 1. The number of rotatable bonds is 7. The van der Waals surface area contributed by atoms with Gasteiger partial charge >= 0.3 is 0 Å². The van der Waals surface area contributed by atoms with Gasteiger partial charge in [0.1, 0.15) is 0 Å². The molecule has 1 aromatic rings. The third-order valence-electron chi connectivity index (χ3n) is 3.85. The minimum Gasteiger partial charge on any atom is -0.355 e. The van der Waals surface area contributed by atoms with Crippen LogP contribution in [0.4, 0.5) is 0 Å². The molecule has 1 heterocycles. The first-order valence-electron chi connectivity index (χ1n) is 7.88. The van der Waals surface area contributed by atoms with Crippen molar-refractivity contribution < 1.29 is 4.79 Å². The van der Waals surface area contributed by atoms with Crippen LogP contribution in [0.1, 0.15) is 31.7 Å². The molecule has 0 spiro atoms. The van der Waals surface area contributed by atoms with Crippen molar-refractivity contribution in [2.24, 2.45) is 0 Å². The van der Waals surface area contributed by atoms with Gasteiger partial charge in [-0.2, -0.15) is 0 Å². The number of amides is 1. The van der Waals surface area contributed by atoms with Gasteiger partial charge in [-0.05, 0) is 64.9 Å². The predicted molar refractivity (Wildman–Crippen MR) is 89.8 cm³/mol. The van der Waals surface area contributed by atoms with Gasteiger partial charge in [-0.1, -0.05) is 17.7 Å². The molecule has 1 aliphatic rings. The number of nitrogens with one attached hydrogen (secondary N) is 1. The van der Waals surface area contributed by atoms with E-state index < -0.39 is 0 Å². The summed E-state index contributed by atoms with van der Waals surface area (Å²) in [6.45, 7) is 8.40. The van der Waals surface area contributed by atoms with Gasteiger partial charge in [0.15, 0.2) is 0 Å². The summed E-state index contributed by atoms with van der Waals surface area (Å²) in [4.78, 5) is 15.7. The second-order valence-corrected chi connectivity index (χ2v) is 7.18. The molecule has 4 heteroatoms. The number of hydrogen-bond acceptors (Lipinski definition) is 3. The van der Waals surface area contributed by atoms with Crippen molar-refractivity contribution in [1.82, 2.24) is 10.2 Å². The van der Waals surface area contributed by atoms with E-state index in [4.69, 9.17) is 0 Å². The van der Waals surface area contributed by atoms with Crippen molar-refractivity contribution >= 4 is 17.7 Å². The first-order chi connectivity index (χ1) is 10.1. The number of carbonyl (C=O) groups excluding carboxylic acids is 1. The Hall–Kier alpha value is -1.00. The fraction of sp³-hybridized carbons (Fsp3) is 0.588. The number of hydrogen-bond donors (Lipinski definition) is 1.